The van der Waals surface area contributed by atoms with Gasteiger partial charge in [-0.2, -0.15) is 0 Å². The maximum absolute atomic E-state index is 9.57. The first-order chi connectivity index (χ1) is 10.6. The Labute approximate surface area is 146 Å². The second-order valence-electron chi connectivity index (χ2n) is 4.56. The molecule has 0 bridgehead atoms. The predicted molar refractivity (Wildman–Crippen MR) is 84.5 cm³/mol. The molecule has 0 saturated heterocycles. The molecule has 0 radical (unpaired) electrons. The van der Waals surface area contributed by atoms with Gasteiger partial charge >= 0.3 is 19.5 Å². The van der Waals surface area contributed by atoms with Crippen molar-refractivity contribution in [3.8, 4) is 23.0 Å². The Balaban J connectivity index is 0.00000264. The van der Waals surface area contributed by atoms with E-state index >= 15 is 0 Å². The number of phenols is 4. The van der Waals surface area contributed by atoms with Crippen molar-refractivity contribution in [3.63, 3.8) is 0 Å². The van der Waals surface area contributed by atoms with Crippen LogP contribution in [0.15, 0.2) is 46.4 Å². The molecule has 0 saturated carbocycles. The van der Waals surface area contributed by atoms with Crippen LogP contribution in [0.2, 0.25) is 0 Å². The number of hydrogen-bond donors (Lipinski definition) is 4. The van der Waals surface area contributed by atoms with Crippen molar-refractivity contribution in [2.45, 2.75) is 0 Å². The summed E-state index contributed by atoms with van der Waals surface area (Å²) in [6, 6.07) is 8.54. The van der Waals surface area contributed by atoms with Crippen molar-refractivity contribution >= 4 is 12.4 Å². The molecule has 2 rings (SSSR count). The molecule has 0 aliphatic heterocycles. The molecule has 2 aromatic carbocycles. The van der Waals surface area contributed by atoms with Crippen molar-refractivity contribution in [1.82, 2.24) is 0 Å². The topological polar surface area (TPSA) is 106 Å². The first-order valence-corrected chi connectivity index (χ1v) is 6.60. The van der Waals surface area contributed by atoms with E-state index in [4.69, 9.17) is 10.2 Å². The van der Waals surface area contributed by atoms with E-state index in [1.807, 2.05) is 0 Å². The average Bonchev–Trinajstić information content (AvgIpc) is 2.46. The number of benzene rings is 2. The summed E-state index contributed by atoms with van der Waals surface area (Å²) < 4.78 is 0. The molecule has 0 aromatic heterocycles. The molecule has 4 N–H and O–H groups in total. The Morgan fingerprint density at radius 3 is 1.43 bits per heavy atom. The largest absolute Gasteiger partial charge is 2.00 e. The molecular weight excluding hydrogens is 350 g/mol. The van der Waals surface area contributed by atoms with Gasteiger partial charge in [0.15, 0.2) is 0 Å². The molecule has 7 heteroatoms. The summed E-state index contributed by atoms with van der Waals surface area (Å²) >= 11 is 0. The molecule has 0 spiro atoms. The number of hydrogen-bond acceptors (Lipinski definition) is 6. The van der Waals surface area contributed by atoms with Gasteiger partial charge in [-0.15, -0.1) is 0 Å². The monoisotopic (exact) mass is 364 g/mol. The summed E-state index contributed by atoms with van der Waals surface area (Å²) in [7, 11) is 0. The Hall–Kier alpha value is -2.40. The molecule has 0 aliphatic rings. The third-order valence-electron chi connectivity index (χ3n) is 2.85. The zero-order valence-electron chi connectivity index (χ0n) is 12.4. The van der Waals surface area contributed by atoms with Gasteiger partial charge in [0.25, 0.3) is 0 Å². The molecule has 2 aromatic rings. The molecule has 0 aliphatic carbocycles. The van der Waals surface area contributed by atoms with E-state index in [2.05, 4.69) is 9.98 Å². The second-order valence-corrected chi connectivity index (χ2v) is 4.56. The molecule has 0 atom stereocenters. The van der Waals surface area contributed by atoms with Crippen molar-refractivity contribution in [3.05, 3.63) is 47.5 Å². The number of phenolic OH excluding ortho intramolecular Hbond substituents is 4. The van der Waals surface area contributed by atoms with Crippen LogP contribution < -0.4 is 0 Å². The van der Waals surface area contributed by atoms with Crippen LogP contribution in [-0.2, 0) is 19.5 Å². The Morgan fingerprint density at radius 2 is 1.09 bits per heavy atom. The van der Waals surface area contributed by atoms with Crippen LogP contribution in [0.3, 0.4) is 0 Å². The summed E-state index contributed by atoms with van der Waals surface area (Å²) in [4.78, 5) is 8.23. The van der Waals surface area contributed by atoms with E-state index < -0.39 is 0 Å². The van der Waals surface area contributed by atoms with Crippen LogP contribution in [0.5, 0.6) is 23.0 Å². The number of nitrogens with zero attached hydrogens (tertiary/aromatic N) is 2. The molecule has 0 heterocycles. The quantitative estimate of drug-likeness (QED) is 0.369. The van der Waals surface area contributed by atoms with E-state index in [9.17, 15) is 10.2 Å². The predicted octanol–water partition coefficient (Wildman–Crippen LogP) is 2.04. The van der Waals surface area contributed by atoms with Gasteiger partial charge in [-0.05, 0) is 24.3 Å². The van der Waals surface area contributed by atoms with Gasteiger partial charge in [-0.3, -0.25) is 9.98 Å². The van der Waals surface area contributed by atoms with Crippen LogP contribution >= 0.6 is 0 Å². The van der Waals surface area contributed by atoms with Crippen LogP contribution in [-0.4, -0.2) is 45.9 Å². The van der Waals surface area contributed by atoms with E-state index in [0.717, 1.165) is 0 Å². The van der Waals surface area contributed by atoms with Gasteiger partial charge < -0.3 is 20.4 Å². The summed E-state index contributed by atoms with van der Waals surface area (Å²) in [5.74, 6) is -0.0940. The molecule has 0 amide bonds. The van der Waals surface area contributed by atoms with Crippen LogP contribution in [0, 0.1) is 0 Å². The third-order valence-corrected chi connectivity index (χ3v) is 2.85. The maximum atomic E-state index is 9.57. The second kappa shape index (κ2) is 8.90. The summed E-state index contributed by atoms with van der Waals surface area (Å²) in [5, 5.41) is 37.5. The van der Waals surface area contributed by atoms with Gasteiger partial charge in [-0.1, -0.05) is 0 Å². The summed E-state index contributed by atoms with van der Waals surface area (Å²) in [6.07, 6.45) is 3.00. The zero-order chi connectivity index (χ0) is 15.9. The number of rotatable bonds is 5. The molecule has 114 valence electrons. The Bertz CT molecular complexity index is 656. The normalized spacial score (nSPS) is 11.0. The van der Waals surface area contributed by atoms with Gasteiger partial charge in [0.2, 0.25) is 0 Å². The minimum absolute atomic E-state index is 0. The summed E-state index contributed by atoms with van der Waals surface area (Å²) in [6.45, 7) is 0.825. The van der Waals surface area contributed by atoms with Crippen LogP contribution in [0.1, 0.15) is 11.1 Å². The minimum Gasteiger partial charge on any atom is -0.508 e. The van der Waals surface area contributed by atoms with E-state index in [-0.39, 0.29) is 42.5 Å². The molecule has 0 unspecified atom stereocenters. The van der Waals surface area contributed by atoms with E-state index in [1.165, 1.54) is 36.7 Å². The van der Waals surface area contributed by atoms with Crippen LogP contribution in [0.4, 0.5) is 0 Å². The summed E-state index contributed by atoms with van der Waals surface area (Å²) in [5.41, 5.74) is 1.02. The standard InChI is InChI=1S/C16H16N2O4.Zn/c19-13-3-1-11(15(21)7-13)9-17-5-6-18-10-12-2-4-14(20)8-16(12)22;/h1-4,7-10,19-22H,5-6H2;/q;+2. The number of aliphatic imine (C=N–C) groups is 2. The fourth-order valence-electron chi connectivity index (χ4n) is 1.72. The first-order valence-electron chi connectivity index (χ1n) is 6.60. The SMILES string of the molecule is Oc1ccc(C=NCCN=Cc2ccc(O)cc2O)c(O)c1.[Zn+2]. The Kier molecular flexibility index (Phi) is 7.22. The van der Waals surface area contributed by atoms with Gasteiger partial charge in [0.05, 0.1) is 13.1 Å². The van der Waals surface area contributed by atoms with Gasteiger partial charge in [-0.25, -0.2) is 0 Å². The number of aromatic hydroxyl groups is 4. The first kappa shape index (κ1) is 18.7. The van der Waals surface area contributed by atoms with Crippen molar-refractivity contribution in [2.24, 2.45) is 9.98 Å². The minimum atomic E-state index is -0.0405. The zero-order valence-corrected chi connectivity index (χ0v) is 15.4. The molecule has 6 nitrogen and oxygen atoms in total. The van der Waals surface area contributed by atoms with E-state index in [0.29, 0.717) is 24.2 Å². The fraction of sp³-hybridized carbons (Fsp3) is 0.125. The van der Waals surface area contributed by atoms with Gasteiger partial charge in [0.1, 0.15) is 23.0 Å². The van der Waals surface area contributed by atoms with Crippen molar-refractivity contribution in [1.29, 1.82) is 0 Å². The maximum Gasteiger partial charge on any atom is 2.00 e. The molecule has 0 fully saturated rings. The third kappa shape index (κ3) is 5.71. The molecular formula is C16H16N2O4Zn+2. The van der Waals surface area contributed by atoms with Crippen molar-refractivity contribution in [2.75, 3.05) is 13.1 Å². The van der Waals surface area contributed by atoms with Crippen molar-refractivity contribution < 1.29 is 39.9 Å². The van der Waals surface area contributed by atoms with E-state index in [1.54, 1.807) is 12.1 Å². The average molecular weight is 366 g/mol. The fourth-order valence-corrected chi connectivity index (χ4v) is 1.72. The Morgan fingerprint density at radius 1 is 0.696 bits per heavy atom. The molecule has 23 heavy (non-hydrogen) atoms. The van der Waals surface area contributed by atoms with Gasteiger partial charge in [0, 0.05) is 35.7 Å². The smallest absolute Gasteiger partial charge is 0.508 e. The van der Waals surface area contributed by atoms with Crippen LogP contribution in [0.25, 0.3) is 0 Å².